The van der Waals surface area contributed by atoms with Gasteiger partial charge in [-0.05, 0) is 54.9 Å². The number of halogens is 1. The molecule has 36 heavy (non-hydrogen) atoms. The summed E-state index contributed by atoms with van der Waals surface area (Å²) in [5.41, 5.74) is 1.34. The number of fused-ring (bicyclic) bond motifs is 2. The molecule has 1 aliphatic heterocycles. The van der Waals surface area contributed by atoms with Crippen LogP contribution in [-0.4, -0.2) is 55.6 Å². The predicted octanol–water partition coefficient (Wildman–Crippen LogP) is 5.49. The van der Waals surface area contributed by atoms with Gasteiger partial charge in [-0.25, -0.2) is 0 Å². The van der Waals surface area contributed by atoms with Gasteiger partial charge in [0.05, 0.1) is 30.7 Å². The van der Waals surface area contributed by atoms with Gasteiger partial charge in [0.2, 0.25) is 5.76 Å². The summed E-state index contributed by atoms with van der Waals surface area (Å²) in [5.74, 6) is 1.39. The molecule has 1 aromatic heterocycles. The van der Waals surface area contributed by atoms with Gasteiger partial charge in [-0.3, -0.25) is 9.59 Å². The minimum atomic E-state index is -0.587. The Labute approximate surface area is 220 Å². The molecule has 0 N–H and O–H groups in total. The molecule has 7 nitrogen and oxygen atoms in total. The first kappa shape index (κ1) is 26.2. The van der Waals surface area contributed by atoms with Crippen molar-refractivity contribution in [2.45, 2.75) is 33.7 Å². The Morgan fingerprint density at radius 2 is 1.83 bits per heavy atom. The van der Waals surface area contributed by atoms with E-state index in [9.17, 15) is 9.59 Å². The van der Waals surface area contributed by atoms with Crippen molar-refractivity contribution in [3.8, 4) is 11.5 Å². The van der Waals surface area contributed by atoms with Crippen molar-refractivity contribution in [3.05, 3.63) is 68.0 Å². The average molecular weight is 557 g/mol. The molecule has 0 saturated carbocycles. The van der Waals surface area contributed by atoms with E-state index in [-0.39, 0.29) is 17.1 Å². The second-order valence-electron chi connectivity index (χ2n) is 9.36. The van der Waals surface area contributed by atoms with Crippen LogP contribution in [0.4, 0.5) is 0 Å². The monoisotopic (exact) mass is 556 g/mol. The minimum absolute atomic E-state index is 0.110. The Morgan fingerprint density at radius 3 is 2.50 bits per heavy atom. The molecule has 0 radical (unpaired) electrons. The average Bonchev–Trinajstić information content (AvgIpc) is 3.15. The lowest BCUT2D eigenvalue weighted by Crippen LogP contribution is -2.37. The number of nitrogens with zero attached hydrogens (tertiary/aromatic N) is 2. The van der Waals surface area contributed by atoms with Crippen LogP contribution in [0.15, 0.2) is 50.1 Å². The number of carbonyl (C=O) groups is 1. The summed E-state index contributed by atoms with van der Waals surface area (Å²) in [4.78, 5) is 31.4. The molecule has 1 unspecified atom stereocenters. The lowest BCUT2D eigenvalue weighted by Gasteiger charge is -2.28. The van der Waals surface area contributed by atoms with Gasteiger partial charge >= 0.3 is 0 Å². The molecule has 0 fully saturated rings. The van der Waals surface area contributed by atoms with E-state index < -0.39 is 6.04 Å². The molecule has 1 atom stereocenters. The van der Waals surface area contributed by atoms with Crippen LogP contribution < -0.4 is 14.9 Å². The first-order chi connectivity index (χ1) is 17.3. The van der Waals surface area contributed by atoms with Crippen LogP contribution in [0, 0.1) is 5.92 Å². The molecule has 8 heteroatoms. The van der Waals surface area contributed by atoms with E-state index in [0.29, 0.717) is 53.6 Å². The molecule has 1 aliphatic rings. The summed E-state index contributed by atoms with van der Waals surface area (Å²) in [5, 5.41) is 0.440. The third-order valence-corrected chi connectivity index (χ3v) is 7.05. The Bertz CT molecular complexity index is 1320. The summed E-state index contributed by atoms with van der Waals surface area (Å²) in [6.07, 6.45) is 0. The van der Waals surface area contributed by atoms with Crippen LogP contribution in [0.2, 0.25) is 0 Å². The van der Waals surface area contributed by atoms with E-state index in [2.05, 4.69) is 48.5 Å². The van der Waals surface area contributed by atoms with Gasteiger partial charge < -0.3 is 23.7 Å². The highest BCUT2D eigenvalue weighted by molar-refractivity contribution is 9.10. The minimum Gasteiger partial charge on any atom is -0.493 e. The van der Waals surface area contributed by atoms with E-state index in [4.69, 9.17) is 13.9 Å². The normalized spacial score (nSPS) is 15.3. The number of amides is 1. The number of hydrogen-bond acceptors (Lipinski definition) is 6. The predicted molar refractivity (Wildman–Crippen MR) is 144 cm³/mol. The summed E-state index contributed by atoms with van der Waals surface area (Å²) in [7, 11) is 1.59. The lowest BCUT2D eigenvalue weighted by atomic mass is 9.98. The van der Waals surface area contributed by atoms with Crippen LogP contribution in [0.5, 0.6) is 11.5 Å². The third kappa shape index (κ3) is 5.02. The fourth-order valence-electron chi connectivity index (χ4n) is 4.59. The lowest BCUT2D eigenvalue weighted by molar-refractivity contribution is 0.0708. The summed E-state index contributed by atoms with van der Waals surface area (Å²) < 4.78 is 18.4. The highest BCUT2D eigenvalue weighted by atomic mass is 79.9. The molecule has 0 spiro atoms. The first-order valence-electron chi connectivity index (χ1n) is 12.4. The highest BCUT2D eigenvalue weighted by Crippen LogP contribution is 2.41. The Morgan fingerprint density at radius 1 is 1.08 bits per heavy atom. The molecular formula is C28H33BrN2O5. The van der Waals surface area contributed by atoms with E-state index in [1.807, 2.05) is 18.2 Å². The van der Waals surface area contributed by atoms with Crippen molar-refractivity contribution in [1.82, 2.24) is 9.80 Å². The summed E-state index contributed by atoms with van der Waals surface area (Å²) in [6.45, 7) is 11.8. The largest absolute Gasteiger partial charge is 0.493 e. The number of carbonyl (C=O) groups excluding carboxylic acids is 1. The number of methoxy groups -OCH3 is 1. The van der Waals surface area contributed by atoms with E-state index in [0.717, 1.165) is 23.1 Å². The molecule has 192 valence electrons. The Kier molecular flexibility index (Phi) is 8.05. The van der Waals surface area contributed by atoms with Crippen LogP contribution in [0.3, 0.4) is 0 Å². The zero-order valence-corrected chi connectivity index (χ0v) is 23.1. The van der Waals surface area contributed by atoms with E-state index in [1.165, 1.54) is 0 Å². The molecule has 2 heterocycles. The molecule has 0 aliphatic carbocycles. The quantitative estimate of drug-likeness (QED) is 0.329. The standard InChI is InChI=1S/C28H33BrN2O5/c1-6-30(7-2)12-13-31-25(18-8-10-22(23(14-18)34-5)35-16-17(3)4)24-26(32)20-15-19(29)9-11-21(20)36-27(24)28(31)33/h8-11,14-15,17,25H,6-7,12-13,16H2,1-5H3. The number of benzene rings is 2. The molecule has 1 amide bonds. The topological polar surface area (TPSA) is 72.2 Å². The zero-order valence-electron chi connectivity index (χ0n) is 21.5. The number of likely N-dealkylation sites (N-methyl/N-ethyl adjacent to an activating group) is 1. The smallest absolute Gasteiger partial charge is 0.290 e. The van der Waals surface area contributed by atoms with E-state index in [1.54, 1.807) is 30.2 Å². The molecule has 3 aromatic rings. The van der Waals surface area contributed by atoms with Crippen LogP contribution >= 0.6 is 15.9 Å². The third-order valence-electron chi connectivity index (χ3n) is 6.55. The Hall–Kier alpha value is -2.84. The van der Waals surface area contributed by atoms with Crippen molar-refractivity contribution in [1.29, 1.82) is 0 Å². The maximum atomic E-state index is 13.8. The van der Waals surface area contributed by atoms with Gasteiger partial charge in [0.1, 0.15) is 5.58 Å². The van der Waals surface area contributed by atoms with Crippen LogP contribution in [0.25, 0.3) is 11.0 Å². The van der Waals surface area contributed by atoms with Gasteiger partial charge in [-0.15, -0.1) is 0 Å². The fourth-order valence-corrected chi connectivity index (χ4v) is 4.95. The number of rotatable bonds is 10. The summed E-state index contributed by atoms with van der Waals surface area (Å²) in [6, 6.07) is 10.3. The maximum absolute atomic E-state index is 13.8. The van der Waals surface area contributed by atoms with Gasteiger partial charge in [0.15, 0.2) is 16.9 Å². The van der Waals surface area contributed by atoms with Crippen molar-refractivity contribution in [3.63, 3.8) is 0 Å². The van der Waals surface area contributed by atoms with Gasteiger partial charge in [-0.1, -0.05) is 49.7 Å². The van der Waals surface area contributed by atoms with Crippen LogP contribution in [-0.2, 0) is 0 Å². The van der Waals surface area contributed by atoms with Crippen molar-refractivity contribution in [2.24, 2.45) is 5.92 Å². The molecule has 4 rings (SSSR count). The van der Waals surface area contributed by atoms with Gasteiger partial charge in [0, 0.05) is 17.6 Å². The van der Waals surface area contributed by atoms with Gasteiger partial charge in [0.25, 0.3) is 5.91 Å². The van der Waals surface area contributed by atoms with Crippen LogP contribution in [0.1, 0.15) is 55.4 Å². The van der Waals surface area contributed by atoms with E-state index >= 15 is 0 Å². The second kappa shape index (κ2) is 11.0. The summed E-state index contributed by atoms with van der Waals surface area (Å²) >= 11 is 3.45. The maximum Gasteiger partial charge on any atom is 0.290 e. The van der Waals surface area contributed by atoms with Crippen molar-refractivity contribution >= 4 is 32.8 Å². The number of hydrogen-bond donors (Lipinski definition) is 0. The van der Waals surface area contributed by atoms with Crippen molar-refractivity contribution in [2.75, 3.05) is 39.9 Å². The molecule has 0 saturated heterocycles. The molecule has 2 aromatic carbocycles. The zero-order chi connectivity index (χ0) is 26.0. The second-order valence-corrected chi connectivity index (χ2v) is 10.3. The highest BCUT2D eigenvalue weighted by Gasteiger charge is 2.43. The number of ether oxygens (including phenoxy) is 2. The first-order valence-corrected chi connectivity index (χ1v) is 13.2. The molecule has 0 bridgehead atoms. The molecular weight excluding hydrogens is 524 g/mol. The van der Waals surface area contributed by atoms with Gasteiger partial charge in [-0.2, -0.15) is 0 Å². The Balaban J connectivity index is 1.84. The fraction of sp³-hybridized carbons (Fsp3) is 0.429. The van der Waals surface area contributed by atoms with Crippen molar-refractivity contribution < 1.29 is 18.7 Å². The SMILES string of the molecule is CCN(CC)CCN1C(=O)c2oc3ccc(Br)cc3c(=O)c2C1c1ccc(OCC(C)C)c(OC)c1.